The van der Waals surface area contributed by atoms with Crippen molar-refractivity contribution in [1.82, 2.24) is 45.6 Å². The van der Waals surface area contributed by atoms with Crippen molar-refractivity contribution in [1.29, 1.82) is 0 Å². The molecule has 5 amide bonds. The van der Waals surface area contributed by atoms with Crippen LogP contribution in [0.25, 0.3) is 32.9 Å². The third-order valence-electron chi connectivity index (χ3n) is 16.7. The maximum absolute atomic E-state index is 17.1. The highest BCUT2D eigenvalue weighted by atomic mass is 19.1. The van der Waals surface area contributed by atoms with Gasteiger partial charge in [0, 0.05) is 67.9 Å². The highest BCUT2D eigenvalue weighted by molar-refractivity contribution is 6.23. The predicted molar refractivity (Wildman–Crippen MR) is 265 cm³/mol. The SMILES string of the molecule is CN1C[C@@H](N2CCC(C(=O)NCCOc3ccc4c(c3)C(=O)N(C3CCC(=O)NC3=O)C4=O)CC2)C[C@H]1COc1nc(N2CC3CC4CCC4CC(C2)N3)c2cnc(-c3cccc4ccccc34)c(F)c2n1. The van der Waals surface area contributed by atoms with Crippen molar-refractivity contribution in [3.63, 3.8) is 0 Å². The summed E-state index contributed by atoms with van der Waals surface area (Å²) in [6.07, 6.45) is 9.08. The van der Waals surface area contributed by atoms with E-state index in [1.807, 2.05) is 42.5 Å². The summed E-state index contributed by atoms with van der Waals surface area (Å²) in [4.78, 5) is 86.3. The number of likely N-dealkylation sites (N-methyl/N-ethyl adjacent to an activating group) is 1. The minimum Gasteiger partial charge on any atom is -0.492 e. The minimum atomic E-state index is -1.05. The molecule has 5 aromatic rings. The van der Waals surface area contributed by atoms with E-state index < -0.39 is 35.5 Å². The summed E-state index contributed by atoms with van der Waals surface area (Å²) in [7, 11) is 2.11. The normalized spacial score (nSPS) is 26.8. The number of piperazine rings is 1. The van der Waals surface area contributed by atoms with Crippen molar-refractivity contribution in [3.05, 3.63) is 83.8 Å². The number of anilines is 1. The molecule has 6 fully saturated rings. The second kappa shape index (κ2) is 19.1. The van der Waals surface area contributed by atoms with Crippen LogP contribution in [-0.2, 0) is 14.4 Å². The Bertz CT molecular complexity index is 2980. The van der Waals surface area contributed by atoms with E-state index in [9.17, 15) is 24.0 Å². The van der Waals surface area contributed by atoms with Crippen LogP contribution in [0.2, 0.25) is 0 Å². The van der Waals surface area contributed by atoms with Gasteiger partial charge in [-0.3, -0.25) is 49.0 Å². The van der Waals surface area contributed by atoms with E-state index >= 15 is 4.39 Å². The highest BCUT2D eigenvalue weighted by Gasteiger charge is 2.45. The Kier molecular flexibility index (Phi) is 12.3. The van der Waals surface area contributed by atoms with E-state index in [-0.39, 0.29) is 78.3 Å². The number of carbonyl (C=O) groups is 5. The molecule has 7 atom stereocenters. The van der Waals surface area contributed by atoms with E-state index in [4.69, 9.17) is 24.4 Å². The summed E-state index contributed by atoms with van der Waals surface area (Å²) in [6, 6.07) is 18.5. The molecule has 5 unspecified atom stereocenters. The van der Waals surface area contributed by atoms with Crippen LogP contribution in [0, 0.1) is 23.6 Å². The monoisotopic (exact) mass is 978 g/mol. The largest absolute Gasteiger partial charge is 0.492 e. The number of benzene rings is 3. The molecule has 1 saturated carbocycles. The zero-order chi connectivity index (χ0) is 49.2. The molecule has 7 aliphatic rings. The van der Waals surface area contributed by atoms with Crippen molar-refractivity contribution in [2.45, 2.75) is 88.0 Å². The highest BCUT2D eigenvalue weighted by Crippen LogP contribution is 2.44. The van der Waals surface area contributed by atoms with E-state index in [1.165, 1.54) is 25.0 Å². The second-order valence-electron chi connectivity index (χ2n) is 21.0. The lowest BCUT2D eigenvalue weighted by Gasteiger charge is -2.38. The molecular weight excluding hydrogens is 920 g/mol. The molecule has 12 rings (SSSR count). The lowest BCUT2D eigenvalue weighted by Crippen LogP contribution is -2.56. The number of carbonyl (C=O) groups excluding carboxylic acids is 5. The summed E-state index contributed by atoms with van der Waals surface area (Å²) < 4.78 is 29.5. The van der Waals surface area contributed by atoms with E-state index in [1.54, 1.807) is 12.3 Å². The maximum Gasteiger partial charge on any atom is 0.319 e. The van der Waals surface area contributed by atoms with Crippen molar-refractivity contribution in [2.75, 3.05) is 64.4 Å². The van der Waals surface area contributed by atoms with Gasteiger partial charge >= 0.3 is 6.01 Å². The summed E-state index contributed by atoms with van der Waals surface area (Å²) in [5.41, 5.74) is 1.48. The zero-order valence-corrected chi connectivity index (χ0v) is 40.4. The Morgan fingerprint density at radius 3 is 2.36 bits per heavy atom. The van der Waals surface area contributed by atoms with Gasteiger partial charge in [0.05, 0.1) is 23.1 Å². The van der Waals surface area contributed by atoms with Crippen LogP contribution < -0.4 is 30.3 Å². The molecule has 2 bridgehead atoms. The number of rotatable bonds is 12. The fourth-order valence-corrected chi connectivity index (χ4v) is 12.7. The van der Waals surface area contributed by atoms with Gasteiger partial charge in [0.2, 0.25) is 17.7 Å². The Morgan fingerprint density at radius 1 is 0.819 bits per heavy atom. The van der Waals surface area contributed by atoms with Crippen LogP contribution in [-0.4, -0.2) is 149 Å². The maximum atomic E-state index is 17.1. The van der Waals surface area contributed by atoms with Crippen LogP contribution in [0.5, 0.6) is 11.8 Å². The number of hydrogen-bond acceptors (Lipinski definition) is 14. The number of fused-ring (bicyclic) bond motifs is 6. The summed E-state index contributed by atoms with van der Waals surface area (Å²) in [5, 5.41) is 11.6. The molecule has 18 heteroatoms. The molecule has 6 aliphatic heterocycles. The number of pyridine rings is 1. The molecule has 8 heterocycles. The Morgan fingerprint density at radius 2 is 1.58 bits per heavy atom. The summed E-state index contributed by atoms with van der Waals surface area (Å²) >= 11 is 0. The van der Waals surface area contributed by atoms with E-state index in [0.29, 0.717) is 41.2 Å². The van der Waals surface area contributed by atoms with Gasteiger partial charge in [-0.1, -0.05) is 42.5 Å². The number of likely N-dealkylation sites (tertiary alicyclic amines) is 2. The van der Waals surface area contributed by atoms with Crippen molar-refractivity contribution in [3.8, 4) is 23.0 Å². The molecule has 17 nitrogen and oxygen atoms in total. The van der Waals surface area contributed by atoms with Crippen LogP contribution in [0.1, 0.15) is 78.5 Å². The molecule has 2 aromatic heterocycles. The lowest BCUT2D eigenvalue weighted by atomic mass is 9.69. The first-order chi connectivity index (χ1) is 35.0. The summed E-state index contributed by atoms with van der Waals surface area (Å²) in [6.45, 7) is 4.74. The molecule has 3 N–H and O–H groups in total. The van der Waals surface area contributed by atoms with Gasteiger partial charge in [-0.05, 0) is 112 Å². The number of nitrogens with zero attached hydrogens (tertiary/aromatic N) is 7. The number of amides is 5. The number of nitrogens with one attached hydrogen (secondary N) is 3. The third-order valence-corrected chi connectivity index (χ3v) is 16.7. The van der Waals surface area contributed by atoms with Gasteiger partial charge < -0.3 is 25.0 Å². The molecule has 3 aromatic carbocycles. The van der Waals surface area contributed by atoms with Gasteiger partial charge in [0.25, 0.3) is 11.8 Å². The number of hydrogen-bond donors (Lipinski definition) is 3. The van der Waals surface area contributed by atoms with Crippen LogP contribution >= 0.6 is 0 Å². The molecule has 72 heavy (non-hydrogen) atoms. The van der Waals surface area contributed by atoms with Crippen molar-refractivity contribution < 1.29 is 37.8 Å². The van der Waals surface area contributed by atoms with Gasteiger partial charge in [0.15, 0.2) is 5.82 Å². The fourth-order valence-electron chi connectivity index (χ4n) is 12.7. The number of halogens is 1. The number of ether oxygens (including phenoxy) is 2. The van der Waals surface area contributed by atoms with Crippen LogP contribution in [0.3, 0.4) is 0 Å². The number of imide groups is 2. The van der Waals surface area contributed by atoms with Gasteiger partial charge in [-0.15, -0.1) is 0 Å². The topological polar surface area (TPSA) is 192 Å². The standard InChI is InChI=1S/C54H59FN10O7/c1-62-28-36(63-18-15-31(16-19-63)50(67)56-17-20-71-38-11-12-41-42(24-38)53(70)65(52(41)69)44-13-14-45(66)59-51(44)68)23-37(62)29-72-54-60-48-43(25-57-47(46(48)55)40-8-4-6-30-5-2-3-7-39(30)40)49(61-54)64-26-34-21-32-9-10-33(32)22-35(27-64)58-34/h2-8,11-12,24-25,31-37,44,58H,9-10,13-23,26-29H2,1H3,(H,56,67)(H,59,66,68)/t32?,33?,34?,35?,36-,37-,44?/m0/s1. The second-order valence-corrected chi connectivity index (χ2v) is 21.0. The molecule has 374 valence electrons. The first kappa shape index (κ1) is 46.4. The Balaban J connectivity index is 0.664. The first-order valence-corrected chi connectivity index (χ1v) is 25.7. The molecule has 0 radical (unpaired) electrons. The first-order valence-electron chi connectivity index (χ1n) is 25.7. The molecular formula is C54H59FN10O7. The molecule has 1 aliphatic carbocycles. The van der Waals surface area contributed by atoms with Crippen LogP contribution in [0.15, 0.2) is 66.9 Å². The van der Waals surface area contributed by atoms with Gasteiger partial charge in [-0.2, -0.15) is 9.97 Å². The third kappa shape index (κ3) is 8.70. The van der Waals surface area contributed by atoms with Gasteiger partial charge in [0.1, 0.15) is 42.0 Å². The summed E-state index contributed by atoms with van der Waals surface area (Å²) in [5.74, 6) is -0.355. The number of piperidine rings is 2. The van der Waals surface area contributed by atoms with Crippen molar-refractivity contribution in [2.24, 2.45) is 17.8 Å². The number of aromatic nitrogens is 3. The van der Waals surface area contributed by atoms with Crippen molar-refractivity contribution >= 4 is 57.0 Å². The smallest absolute Gasteiger partial charge is 0.319 e. The quantitative estimate of drug-likeness (QED) is 0.115. The van der Waals surface area contributed by atoms with Crippen LogP contribution in [0.4, 0.5) is 10.2 Å². The molecule has 5 saturated heterocycles. The average molecular weight is 979 g/mol. The Labute approximate surface area is 416 Å². The lowest BCUT2D eigenvalue weighted by molar-refractivity contribution is -0.136. The van der Waals surface area contributed by atoms with Gasteiger partial charge in [-0.25, -0.2) is 4.39 Å². The average Bonchev–Trinajstić information content (AvgIpc) is 3.86. The molecule has 0 spiro atoms. The predicted octanol–water partition coefficient (Wildman–Crippen LogP) is 4.71. The van der Waals surface area contributed by atoms with E-state index in [0.717, 1.165) is 92.3 Å². The Hall–Kier alpha value is -6.63. The fraction of sp³-hybridized carbons (Fsp3) is 0.481. The zero-order valence-electron chi connectivity index (χ0n) is 40.4. The van der Waals surface area contributed by atoms with E-state index in [2.05, 4.69) is 37.7 Å². The minimum absolute atomic E-state index is 0.0272.